The number of allylic oxidation sites excluding steroid dienone is 4. The van der Waals surface area contributed by atoms with Crippen LogP contribution in [0.25, 0.3) is 0 Å². The van der Waals surface area contributed by atoms with Crippen molar-refractivity contribution in [1.82, 2.24) is 0 Å². The number of hydrogen-bond acceptors (Lipinski definition) is 4. The first-order chi connectivity index (χ1) is 16.2. The second-order valence-electron chi connectivity index (χ2n) is 13.7. The highest BCUT2D eigenvalue weighted by Crippen LogP contribution is 2.73. The van der Waals surface area contributed by atoms with E-state index in [2.05, 4.69) is 60.6 Å². The van der Waals surface area contributed by atoms with Crippen LogP contribution in [0, 0.1) is 45.3 Å². The highest BCUT2D eigenvalue weighted by atomic mass is 16.5. The minimum Gasteiger partial charge on any atom is -0.469 e. The third kappa shape index (κ3) is 3.80. The Balaban J connectivity index is 1.72. The van der Waals surface area contributed by atoms with Crippen LogP contribution in [-0.2, 0) is 14.3 Å². The molecule has 4 heteroatoms. The Bertz CT molecular complexity index is 940. The lowest BCUT2D eigenvalue weighted by molar-refractivity contribution is -0.154. The largest absolute Gasteiger partial charge is 0.469 e. The molecule has 4 rings (SSSR count). The topological polar surface area (TPSA) is 63.6 Å². The number of Topliss-reactive ketones (excluding diaryl/α,β-unsaturated/α-hetero) is 1. The average Bonchev–Trinajstić information content (AvgIpc) is 2.99. The van der Waals surface area contributed by atoms with Crippen molar-refractivity contribution in [3.63, 3.8) is 0 Å². The molecule has 0 aromatic heterocycles. The van der Waals surface area contributed by atoms with E-state index >= 15 is 0 Å². The number of hydrogen-bond donors (Lipinski definition) is 1. The number of carbonyl (C=O) groups is 2. The fraction of sp³-hybridized carbons (Fsp3) is 0.806. The number of esters is 1. The van der Waals surface area contributed by atoms with Crippen molar-refractivity contribution in [2.24, 2.45) is 45.3 Å². The monoisotopic (exact) mass is 484 g/mol. The van der Waals surface area contributed by atoms with Gasteiger partial charge in [0.2, 0.25) is 0 Å². The molecule has 8 unspecified atom stereocenters. The molecule has 0 saturated heterocycles. The summed E-state index contributed by atoms with van der Waals surface area (Å²) in [5.74, 6) is 0.639. The third-order valence-corrected chi connectivity index (χ3v) is 11.6. The zero-order chi connectivity index (χ0) is 26.0. The zero-order valence-corrected chi connectivity index (χ0v) is 23.4. The van der Waals surface area contributed by atoms with Gasteiger partial charge in [-0.05, 0) is 86.9 Å². The van der Waals surface area contributed by atoms with Gasteiger partial charge in [-0.3, -0.25) is 9.59 Å². The molecule has 3 saturated carbocycles. The van der Waals surface area contributed by atoms with E-state index in [1.807, 2.05) is 0 Å². The number of rotatable bonds is 5. The van der Waals surface area contributed by atoms with Gasteiger partial charge in [-0.25, -0.2) is 0 Å². The summed E-state index contributed by atoms with van der Waals surface area (Å²) in [4.78, 5) is 25.9. The van der Waals surface area contributed by atoms with E-state index in [1.165, 1.54) is 18.3 Å². The molecular formula is C31H48O4. The van der Waals surface area contributed by atoms with Crippen LogP contribution in [0.15, 0.2) is 23.3 Å². The van der Waals surface area contributed by atoms with E-state index in [4.69, 9.17) is 4.74 Å². The van der Waals surface area contributed by atoms with Gasteiger partial charge < -0.3 is 9.84 Å². The predicted molar refractivity (Wildman–Crippen MR) is 140 cm³/mol. The van der Waals surface area contributed by atoms with Gasteiger partial charge >= 0.3 is 5.97 Å². The molecule has 35 heavy (non-hydrogen) atoms. The summed E-state index contributed by atoms with van der Waals surface area (Å²) in [6.45, 7) is 15.6. The molecule has 3 fully saturated rings. The first-order valence-electron chi connectivity index (χ1n) is 13.9. The van der Waals surface area contributed by atoms with Gasteiger partial charge in [0.25, 0.3) is 0 Å². The summed E-state index contributed by atoms with van der Waals surface area (Å²) in [6, 6.07) is 0. The summed E-state index contributed by atoms with van der Waals surface area (Å²) in [6.07, 6.45) is 11.0. The number of carbonyl (C=O) groups excluding carboxylic acids is 2. The summed E-state index contributed by atoms with van der Waals surface area (Å²) in [7, 11) is 1.48. The fourth-order valence-electron chi connectivity index (χ4n) is 9.48. The normalized spacial score (nSPS) is 42.8. The van der Waals surface area contributed by atoms with Crippen molar-refractivity contribution < 1.29 is 19.4 Å². The van der Waals surface area contributed by atoms with Crippen LogP contribution in [0.3, 0.4) is 0 Å². The molecule has 0 amide bonds. The maximum absolute atomic E-state index is 13.1. The molecule has 4 aliphatic carbocycles. The predicted octanol–water partition coefficient (Wildman–Crippen LogP) is 6.67. The molecule has 196 valence electrons. The number of methoxy groups -OCH3 is 1. The average molecular weight is 485 g/mol. The zero-order valence-electron chi connectivity index (χ0n) is 23.4. The van der Waals surface area contributed by atoms with E-state index in [-0.39, 0.29) is 39.5 Å². The van der Waals surface area contributed by atoms with Crippen LogP contribution in [0.5, 0.6) is 0 Å². The van der Waals surface area contributed by atoms with Gasteiger partial charge in [0, 0.05) is 17.8 Å². The van der Waals surface area contributed by atoms with Crippen molar-refractivity contribution in [1.29, 1.82) is 0 Å². The molecule has 4 nitrogen and oxygen atoms in total. The van der Waals surface area contributed by atoms with Crippen LogP contribution >= 0.6 is 0 Å². The maximum atomic E-state index is 13.1. The molecule has 1 N–H and O–H groups in total. The van der Waals surface area contributed by atoms with E-state index in [9.17, 15) is 14.7 Å². The van der Waals surface area contributed by atoms with Gasteiger partial charge in [0.15, 0.2) is 0 Å². The highest BCUT2D eigenvalue weighted by Gasteiger charge is 2.68. The van der Waals surface area contributed by atoms with E-state index < -0.39 is 6.10 Å². The molecule has 0 aliphatic heterocycles. The Labute approximate surface area is 213 Å². The number of aliphatic hydroxyl groups is 1. The fourth-order valence-corrected chi connectivity index (χ4v) is 9.48. The lowest BCUT2D eigenvalue weighted by atomic mass is 9.41. The Morgan fingerprint density at radius 1 is 1.20 bits per heavy atom. The summed E-state index contributed by atoms with van der Waals surface area (Å²) in [5.41, 5.74) is 2.27. The van der Waals surface area contributed by atoms with Gasteiger partial charge in [-0.15, -0.1) is 0 Å². The van der Waals surface area contributed by atoms with Crippen molar-refractivity contribution in [2.75, 3.05) is 7.11 Å². The smallest absolute Gasteiger partial charge is 0.309 e. The van der Waals surface area contributed by atoms with Crippen molar-refractivity contribution >= 4 is 11.8 Å². The van der Waals surface area contributed by atoms with Crippen molar-refractivity contribution in [2.45, 2.75) is 106 Å². The highest BCUT2D eigenvalue weighted by molar-refractivity contribution is 5.85. The molecule has 0 heterocycles. The van der Waals surface area contributed by atoms with Crippen LogP contribution < -0.4 is 0 Å². The SMILES string of the molecule is COC(=O)C(CCC=C(C)C)C1C(O)CC2(C)C3=CCC4C(C)(C)C(=O)CCC4(C)C3CCC12C. The second-order valence-corrected chi connectivity index (χ2v) is 13.7. The van der Waals surface area contributed by atoms with Gasteiger partial charge in [-0.1, -0.05) is 57.9 Å². The van der Waals surface area contributed by atoms with E-state index in [0.29, 0.717) is 36.9 Å². The van der Waals surface area contributed by atoms with Gasteiger partial charge in [0.1, 0.15) is 5.78 Å². The lowest BCUT2D eigenvalue weighted by Gasteiger charge is -2.63. The third-order valence-electron chi connectivity index (χ3n) is 11.6. The summed E-state index contributed by atoms with van der Waals surface area (Å²) >= 11 is 0. The molecule has 0 radical (unpaired) electrons. The van der Waals surface area contributed by atoms with Crippen molar-refractivity contribution in [3.8, 4) is 0 Å². The summed E-state index contributed by atoms with van der Waals surface area (Å²) < 4.78 is 5.30. The standard InChI is InChI=1S/C31H48O4/c1-19(2)10-9-11-20(27(34)35-8)26-23(32)18-31(7)22-12-13-24-28(3,4)25(33)15-16-29(24,5)21(22)14-17-30(26,31)6/h10,12,20-21,23-24,26,32H,9,11,13-18H2,1-8H3. The van der Waals surface area contributed by atoms with Crippen LogP contribution in [0.1, 0.15) is 99.8 Å². The van der Waals surface area contributed by atoms with Crippen LogP contribution in [0.2, 0.25) is 0 Å². The molecular weight excluding hydrogens is 436 g/mol. The van der Waals surface area contributed by atoms with Crippen LogP contribution in [0.4, 0.5) is 0 Å². The summed E-state index contributed by atoms with van der Waals surface area (Å²) in [5, 5.41) is 11.6. The van der Waals surface area contributed by atoms with Gasteiger partial charge in [-0.2, -0.15) is 0 Å². The molecule has 0 aromatic carbocycles. The minimum atomic E-state index is -0.518. The molecule has 0 spiro atoms. The van der Waals surface area contributed by atoms with E-state index in [0.717, 1.165) is 32.1 Å². The Morgan fingerprint density at radius 2 is 1.89 bits per heavy atom. The van der Waals surface area contributed by atoms with Crippen LogP contribution in [-0.4, -0.2) is 30.1 Å². The molecule has 8 atom stereocenters. The quantitative estimate of drug-likeness (QED) is 0.350. The molecule has 0 bridgehead atoms. The second kappa shape index (κ2) is 8.85. The Kier molecular flexibility index (Phi) is 6.74. The Hall–Kier alpha value is -1.42. The lowest BCUT2D eigenvalue weighted by Crippen LogP contribution is -2.57. The number of aliphatic hydroxyl groups excluding tert-OH is 1. The van der Waals surface area contributed by atoms with Gasteiger partial charge in [0.05, 0.1) is 19.1 Å². The molecule has 4 aliphatic rings. The number of ketones is 1. The number of fused-ring (bicyclic) bond motifs is 5. The number of ether oxygens (including phenoxy) is 1. The van der Waals surface area contributed by atoms with Crippen molar-refractivity contribution in [3.05, 3.63) is 23.3 Å². The Morgan fingerprint density at radius 3 is 2.51 bits per heavy atom. The first-order valence-corrected chi connectivity index (χ1v) is 13.9. The van der Waals surface area contributed by atoms with E-state index in [1.54, 1.807) is 0 Å². The first kappa shape index (κ1) is 26.6. The minimum absolute atomic E-state index is 0.109. The molecule has 0 aromatic rings. The maximum Gasteiger partial charge on any atom is 0.309 e.